The number of aromatic nitrogens is 1. The molecule has 0 bridgehead atoms. The highest BCUT2D eigenvalue weighted by Gasteiger charge is 2.21. The first-order valence-corrected chi connectivity index (χ1v) is 10.2. The minimum atomic E-state index is -0.0328. The van der Waals surface area contributed by atoms with Crippen LogP contribution in [0, 0.1) is 0 Å². The third-order valence-corrected chi connectivity index (χ3v) is 5.73. The van der Waals surface area contributed by atoms with Crippen LogP contribution in [0.1, 0.15) is 41.9 Å². The molecular formula is C24H27N3O. The lowest BCUT2D eigenvalue weighted by Gasteiger charge is -2.21. The van der Waals surface area contributed by atoms with E-state index in [1.165, 1.54) is 16.7 Å². The van der Waals surface area contributed by atoms with E-state index in [4.69, 9.17) is 0 Å². The molecule has 1 aromatic heterocycles. The summed E-state index contributed by atoms with van der Waals surface area (Å²) in [5.74, 6) is -0.0328. The third-order valence-electron chi connectivity index (χ3n) is 5.73. The highest BCUT2D eigenvalue weighted by atomic mass is 16.1. The van der Waals surface area contributed by atoms with Crippen LogP contribution in [0.15, 0.2) is 48.7 Å². The Morgan fingerprint density at radius 1 is 1.07 bits per heavy atom. The summed E-state index contributed by atoms with van der Waals surface area (Å²) in [6.45, 7) is 8.12. The van der Waals surface area contributed by atoms with Gasteiger partial charge < -0.3 is 10.2 Å². The van der Waals surface area contributed by atoms with E-state index in [1.54, 1.807) is 6.20 Å². The molecule has 0 atom stereocenters. The van der Waals surface area contributed by atoms with Gasteiger partial charge in [-0.05, 0) is 48.1 Å². The molecule has 0 saturated heterocycles. The first-order chi connectivity index (χ1) is 13.7. The van der Waals surface area contributed by atoms with Crippen LogP contribution in [0.25, 0.3) is 21.9 Å². The average molecular weight is 374 g/mol. The van der Waals surface area contributed by atoms with Gasteiger partial charge in [0.2, 0.25) is 0 Å². The summed E-state index contributed by atoms with van der Waals surface area (Å²) in [4.78, 5) is 19.9. The van der Waals surface area contributed by atoms with Crippen LogP contribution >= 0.6 is 0 Å². The molecule has 1 amide bonds. The molecule has 1 aliphatic rings. The maximum absolute atomic E-state index is 12.9. The number of nitrogens with zero attached hydrogens (tertiary/aromatic N) is 2. The van der Waals surface area contributed by atoms with Crippen LogP contribution in [-0.2, 0) is 6.42 Å². The second kappa shape index (κ2) is 8.11. The molecule has 2 aromatic carbocycles. The Hall–Kier alpha value is -2.72. The normalized spacial score (nSPS) is 12.2. The van der Waals surface area contributed by atoms with Gasteiger partial charge in [0.15, 0.2) is 0 Å². The fourth-order valence-corrected chi connectivity index (χ4v) is 4.16. The maximum Gasteiger partial charge on any atom is 0.253 e. The Labute approximate surface area is 166 Å². The average Bonchev–Trinajstić information content (AvgIpc) is 2.74. The molecule has 1 aliphatic carbocycles. The summed E-state index contributed by atoms with van der Waals surface area (Å²) >= 11 is 0. The van der Waals surface area contributed by atoms with Crippen molar-refractivity contribution >= 4 is 16.7 Å². The lowest BCUT2D eigenvalue weighted by molar-refractivity contribution is 0.0953. The van der Waals surface area contributed by atoms with E-state index in [1.807, 2.05) is 12.1 Å². The van der Waals surface area contributed by atoms with Crippen molar-refractivity contribution in [1.82, 2.24) is 15.2 Å². The highest BCUT2D eigenvalue weighted by Crippen LogP contribution is 2.39. The molecule has 4 nitrogen and oxygen atoms in total. The van der Waals surface area contributed by atoms with Gasteiger partial charge in [0, 0.05) is 24.5 Å². The summed E-state index contributed by atoms with van der Waals surface area (Å²) < 4.78 is 0. The fourth-order valence-electron chi connectivity index (χ4n) is 4.16. The molecule has 4 heteroatoms. The fraction of sp³-hybridized carbons (Fsp3) is 0.333. The van der Waals surface area contributed by atoms with E-state index in [9.17, 15) is 4.79 Å². The Morgan fingerprint density at radius 2 is 1.86 bits per heavy atom. The van der Waals surface area contributed by atoms with Crippen molar-refractivity contribution in [3.63, 3.8) is 0 Å². The van der Waals surface area contributed by atoms with Crippen LogP contribution in [0.2, 0.25) is 0 Å². The maximum atomic E-state index is 12.9. The van der Waals surface area contributed by atoms with Crippen LogP contribution < -0.4 is 5.32 Å². The molecule has 28 heavy (non-hydrogen) atoms. The number of fused-ring (bicyclic) bond motifs is 2. The second-order valence-corrected chi connectivity index (χ2v) is 7.32. The Bertz CT molecular complexity index is 1010. The number of benzene rings is 2. The highest BCUT2D eigenvalue weighted by molar-refractivity contribution is 6.11. The van der Waals surface area contributed by atoms with Gasteiger partial charge in [0.1, 0.15) is 0 Å². The molecule has 0 aliphatic heterocycles. The van der Waals surface area contributed by atoms with E-state index < -0.39 is 0 Å². The van der Waals surface area contributed by atoms with Crippen molar-refractivity contribution in [2.24, 2.45) is 0 Å². The van der Waals surface area contributed by atoms with Gasteiger partial charge in [0.25, 0.3) is 5.91 Å². The topological polar surface area (TPSA) is 45.2 Å². The smallest absolute Gasteiger partial charge is 0.253 e. The zero-order chi connectivity index (χ0) is 19.5. The van der Waals surface area contributed by atoms with Gasteiger partial charge in [-0.15, -0.1) is 0 Å². The van der Waals surface area contributed by atoms with Gasteiger partial charge in [-0.25, -0.2) is 0 Å². The Kier molecular flexibility index (Phi) is 5.40. The number of carbonyl (C=O) groups excluding carboxylic acids is 1. The molecule has 0 spiro atoms. The van der Waals surface area contributed by atoms with E-state index >= 15 is 0 Å². The number of pyridine rings is 1. The Balaban J connectivity index is 1.59. The largest absolute Gasteiger partial charge is 0.352 e. The van der Waals surface area contributed by atoms with Crippen LogP contribution in [0.4, 0.5) is 0 Å². The number of hydrogen-bond acceptors (Lipinski definition) is 3. The summed E-state index contributed by atoms with van der Waals surface area (Å²) in [6, 6.07) is 14.7. The monoisotopic (exact) mass is 373 g/mol. The number of carbonyl (C=O) groups is 1. The van der Waals surface area contributed by atoms with Crippen molar-refractivity contribution in [1.29, 1.82) is 0 Å². The molecule has 0 saturated carbocycles. The van der Waals surface area contributed by atoms with Gasteiger partial charge >= 0.3 is 0 Å². The first-order valence-electron chi connectivity index (χ1n) is 10.2. The van der Waals surface area contributed by atoms with Crippen LogP contribution in [-0.4, -0.2) is 42.0 Å². The van der Waals surface area contributed by atoms with Crippen molar-refractivity contribution in [3.8, 4) is 11.1 Å². The van der Waals surface area contributed by atoms with Crippen LogP contribution in [0.5, 0.6) is 0 Å². The standard InChI is InChI=1S/C24H27N3O/c1-3-27(4-2)14-8-13-25-24(28)21-16-26-22-15-17-9-5-6-10-18(17)19-11-7-12-20(21)23(19)22/h5-7,9-12,16H,3-4,8,13-15H2,1-2H3,(H,25,28). The second-order valence-electron chi connectivity index (χ2n) is 7.32. The molecule has 0 unspecified atom stereocenters. The predicted molar refractivity (Wildman–Crippen MR) is 115 cm³/mol. The summed E-state index contributed by atoms with van der Waals surface area (Å²) in [7, 11) is 0. The lowest BCUT2D eigenvalue weighted by atomic mass is 9.85. The number of hydrogen-bond donors (Lipinski definition) is 1. The number of amides is 1. The predicted octanol–water partition coefficient (Wildman–Crippen LogP) is 4.27. The lowest BCUT2D eigenvalue weighted by Crippen LogP contribution is -2.30. The first kappa shape index (κ1) is 18.6. The number of rotatable bonds is 7. The van der Waals surface area contributed by atoms with Crippen LogP contribution in [0.3, 0.4) is 0 Å². The Morgan fingerprint density at radius 3 is 2.68 bits per heavy atom. The minimum absolute atomic E-state index is 0.0328. The molecule has 1 heterocycles. The molecule has 0 radical (unpaired) electrons. The van der Waals surface area contributed by atoms with E-state index in [0.717, 1.165) is 48.9 Å². The summed E-state index contributed by atoms with van der Waals surface area (Å²) in [5.41, 5.74) is 5.45. The molecule has 3 aromatic rings. The molecule has 144 valence electrons. The SMILES string of the molecule is CCN(CC)CCCNC(=O)c1cnc2c3c(cccc13)-c1ccccc1C2. The summed E-state index contributed by atoms with van der Waals surface area (Å²) in [5, 5.41) is 5.20. The van der Waals surface area contributed by atoms with Crippen molar-refractivity contribution in [3.05, 3.63) is 65.5 Å². The summed E-state index contributed by atoms with van der Waals surface area (Å²) in [6.07, 6.45) is 3.51. The van der Waals surface area contributed by atoms with E-state index in [2.05, 4.69) is 59.4 Å². The van der Waals surface area contributed by atoms with E-state index in [-0.39, 0.29) is 5.91 Å². The van der Waals surface area contributed by atoms with Gasteiger partial charge in [0.05, 0.1) is 11.3 Å². The van der Waals surface area contributed by atoms with Crippen molar-refractivity contribution in [2.45, 2.75) is 26.7 Å². The molecule has 1 N–H and O–H groups in total. The van der Waals surface area contributed by atoms with Crippen molar-refractivity contribution < 1.29 is 4.79 Å². The quantitative estimate of drug-likeness (QED) is 0.492. The molecule has 4 rings (SSSR count). The van der Waals surface area contributed by atoms with Crippen molar-refractivity contribution in [2.75, 3.05) is 26.2 Å². The third kappa shape index (κ3) is 3.40. The van der Waals surface area contributed by atoms with Gasteiger partial charge in [-0.3, -0.25) is 9.78 Å². The number of nitrogens with one attached hydrogen (secondary N) is 1. The van der Waals surface area contributed by atoms with Gasteiger partial charge in [-0.2, -0.15) is 0 Å². The molecule has 0 fully saturated rings. The molecular weight excluding hydrogens is 346 g/mol. The zero-order valence-electron chi connectivity index (χ0n) is 16.7. The zero-order valence-corrected chi connectivity index (χ0v) is 16.7. The minimum Gasteiger partial charge on any atom is -0.352 e. The van der Waals surface area contributed by atoms with Gasteiger partial charge in [-0.1, -0.05) is 56.3 Å². The van der Waals surface area contributed by atoms with E-state index in [0.29, 0.717) is 12.1 Å².